The van der Waals surface area contributed by atoms with Gasteiger partial charge in [-0.1, -0.05) is 125 Å². The number of nitrogen functional groups attached to an aromatic ring is 1. The summed E-state index contributed by atoms with van der Waals surface area (Å²) in [5.41, 5.74) is 5.12. The lowest BCUT2D eigenvalue weighted by atomic mass is 10.0. The Morgan fingerprint density at radius 3 is 1.77 bits per heavy atom. The maximum atomic E-state index is 12.8. The van der Waals surface area contributed by atoms with E-state index in [-0.39, 0.29) is 5.82 Å². The highest BCUT2D eigenvalue weighted by Gasteiger charge is 2.50. The van der Waals surface area contributed by atoms with Gasteiger partial charge in [0, 0.05) is 27.0 Å². The van der Waals surface area contributed by atoms with Crippen LogP contribution in [0.25, 0.3) is 0 Å². The lowest BCUT2D eigenvalue weighted by Gasteiger charge is -2.27. The summed E-state index contributed by atoms with van der Waals surface area (Å²) in [5, 5.41) is 0. The molecule has 10 nitrogen and oxygen atoms in total. The number of nitrogens with zero attached hydrogens (tertiary/aromatic N) is 2. The molecule has 254 valence electrons. The van der Waals surface area contributed by atoms with E-state index in [2.05, 4.69) is 11.9 Å². The zero-order chi connectivity index (χ0) is 32.5. The van der Waals surface area contributed by atoms with Gasteiger partial charge in [-0.15, -0.1) is 0 Å². The first-order valence-electron chi connectivity index (χ1n) is 16.9. The van der Waals surface area contributed by atoms with Crippen molar-refractivity contribution in [2.45, 2.75) is 162 Å². The second kappa shape index (κ2) is 26.0. The number of phosphoric ester groups is 1. The molecule has 1 aromatic rings. The van der Waals surface area contributed by atoms with Gasteiger partial charge in [-0.2, -0.15) is 4.98 Å². The van der Waals surface area contributed by atoms with Gasteiger partial charge >= 0.3 is 13.5 Å². The van der Waals surface area contributed by atoms with E-state index < -0.39 is 38.1 Å². The van der Waals surface area contributed by atoms with Crippen molar-refractivity contribution >= 4 is 13.6 Å². The molecule has 43 heavy (non-hydrogen) atoms. The molecule has 1 aliphatic rings. The molecular formula is C32H64N3O7P. The van der Waals surface area contributed by atoms with Crippen LogP contribution in [-0.4, -0.2) is 48.7 Å². The molecule has 1 fully saturated rings. The number of anilines is 1. The van der Waals surface area contributed by atoms with Gasteiger partial charge in [0.1, 0.15) is 18.0 Å². The first-order valence-corrected chi connectivity index (χ1v) is 18.4. The Labute approximate surface area is 262 Å². The Hall–Kier alpha value is -1.29. The van der Waals surface area contributed by atoms with Crippen LogP contribution in [0, 0.1) is 0 Å². The summed E-state index contributed by atoms with van der Waals surface area (Å²) in [6.07, 6.45) is 17.1. The molecule has 1 aliphatic heterocycles. The van der Waals surface area contributed by atoms with E-state index in [0.717, 1.165) is 19.3 Å². The highest BCUT2D eigenvalue weighted by molar-refractivity contribution is 7.48. The average molecular weight is 634 g/mol. The van der Waals surface area contributed by atoms with Crippen molar-refractivity contribution in [3.8, 4) is 0 Å². The smallest absolute Gasteiger partial charge is 0.383 e. The SMILES string of the molecule is CC.CC.CCCCCCCCCCCCCCCCOC1C(OP(=O)(OC)OC)C(CC)OC1n1ccc(N)nc1=O. The summed E-state index contributed by atoms with van der Waals surface area (Å²) in [6.45, 7) is 12.6. The number of hydrogen-bond donors (Lipinski definition) is 1. The van der Waals surface area contributed by atoms with Crippen LogP contribution in [0.1, 0.15) is 144 Å². The first kappa shape index (κ1) is 41.7. The predicted molar refractivity (Wildman–Crippen MR) is 176 cm³/mol. The van der Waals surface area contributed by atoms with Crippen molar-refractivity contribution < 1.29 is 27.6 Å². The molecule has 11 heteroatoms. The van der Waals surface area contributed by atoms with Crippen LogP contribution in [-0.2, 0) is 27.6 Å². The third kappa shape index (κ3) is 16.0. The van der Waals surface area contributed by atoms with Gasteiger partial charge in [-0.3, -0.25) is 18.1 Å². The average Bonchev–Trinajstić information content (AvgIpc) is 3.37. The fourth-order valence-corrected chi connectivity index (χ4v) is 5.89. The van der Waals surface area contributed by atoms with Crippen LogP contribution in [0.15, 0.2) is 17.1 Å². The largest absolute Gasteiger partial charge is 0.474 e. The molecule has 0 aliphatic carbocycles. The van der Waals surface area contributed by atoms with Crippen LogP contribution in [0.2, 0.25) is 0 Å². The highest BCUT2D eigenvalue weighted by Crippen LogP contribution is 2.52. The highest BCUT2D eigenvalue weighted by atomic mass is 31.2. The van der Waals surface area contributed by atoms with Crippen molar-refractivity contribution in [2.24, 2.45) is 0 Å². The second-order valence-corrected chi connectivity index (χ2v) is 12.2. The number of aromatic nitrogens is 2. The van der Waals surface area contributed by atoms with Crippen molar-refractivity contribution in [1.82, 2.24) is 9.55 Å². The van der Waals surface area contributed by atoms with E-state index in [9.17, 15) is 9.36 Å². The molecule has 0 bridgehead atoms. The topological polar surface area (TPSA) is 124 Å². The van der Waals surface area contributed by atoms with Crippen LogP contribution < -0.4 is 11.4 Å². The molecule has 0 spiro atoms. The van der Waals surface area contributed by atoms with E-state index >= 15 is 0 Å². The van der Waals surface area contributed by atoms with Crippen molar-refractivity contribution in [3.05, 3.63) is 22.7 Å². The predicted octanol–water partition coefficient (Wildman–Crippen LogP) is 8.84. The van der Waals surface area contributed by atoms with Crippen LogP contribution in [0.3, 0.4) is 0 Å². The minimum atomic E-state index is -3.81. The lowest BCUT2D eigenvalue weighted by Crippen LogP contribution is -2.39. The van der Waals surface area contributed by atoms with E-state index in [4.69, 9.17) is 28.8 Å². The van der Waals surface area contributed by atoms with Crippen molar-refractivity contribution in [3.63, 3.8) is 0 Å². The normalized spacial score (nSPS) is 19.8. The number of nitrogens with two attached hydrogens (primary N) is 1. The monoisotopic (exact) mass is 633 g/mol. The van der Waals surface area contributed by atoms with E-state index in [0.29, 0.717) is 13.0 Å². The quantitative estimate of drug-likeness (QED) is 0.0985. The molecule has 2 heterocycles. The summed E-state index contributed by atoms with van der Waals surface area (Å²) in [4.78, 5) is 16.4. The molecule has 2 N–H and O–H groups in total. The number of rotatable bonds is 22. The Balaban J connectivity index is 0.00000422. The van der Waals surface area contributed by atoms with E-state index in [1.54, 1.807) is 0 Å². The Morgan fingerprint density at radius 2 is 1.33 bits per heavy atom. The van der Waals surface area contributed by atoms with Crippen molar-refractivity contribution in [1.29, 1.82) is 0 Å². The van der Waals surface area contributed by atoms with Gasteiger partial charge in [0.15, 0.2) is 6.23 Å². The molecular weight excluding hydrogens is 569 g/mol. The van der Waals surface area contributed by atoms with Crippen molar-refractivity contribution in [2.75, 3.05) is 26.6 Å². The third-order valence-electron chi connectivity index (χ3n) is 7.32. The van der Waals surface area contributed by atoms with E-state index in [1.807, 2.05) is 34.6 Å². The van der Waals surface area contributed by atoms with Gasteiger partial charge in [0.05, 0.1) is 6.10 Å². The van der Waals surface area contributed by atoms with E-state index in [1.165, 1.54) is 102 Å². The van der Waals surface area contributed by atoms with Gasteiger partial charge in [-0.05, 0) is 18.9 Å². The molecule has 1 aromatic heterocycles. The molecule has 1 saturated heterocycles. The summed E-state index contributed by atoms with van der Waals surface area (Å²) in [5.74, 6) is 0.122. The molecule has 4 unspecified atom stereocenters. The molecule has 0 aromatic carbocycles. The Kier molecular flexibility index (Phi) is 25.2. The number of ether oxygens (including phenoxy) is 2. The van der Waals surface area contributed by atoms with Crippen LogP contribution in [0.4, 0.5) is 5.82 Å². The van der Waals surface area contributed by atoms with Gasteiger partial charge in [-0.25, -0.2) is 9.36 Å². The lowest BCUT2D eigenvalue weighted by molar-refractivity contribution is -0.0713. The van der Waals surface area contributed by atoms with Gasteiger partial charge in [0.25, 0.3) is 0 Å². The molecule has 0 saturated carbocycles. The summed E-state index contributed by atoms with van der Waals surface area (Å²) in [7, 11) is -1.29. The fourth-order valence-electron chi connectivity index (χ4n) is 5.01. The molecule has 2 rings (SSSR count). The standard InChI is InChI=1S/C28H52N3O7P.2C2H6/c1-5-7-8-9-10-11-12-13-14-15-16-17-18-19-22-36-26-25(38-39(33,34-3)35-4)23(6-2)37-27(26)31-21-20-24(29)30-28(31)32;2*1-2/h20-21,23,25-27H,5-19,22H2,1-4H3,(H2,29,30,32);2*1-2H3. The number of unbranched alkanes of at least 4 members (excludes halogenated alkanes) is 13. The third-order valence-corrected chi connectivity index (χ3v) is 8.72. The molecule has 0 amide bonds. The minimum absolute atomic E-state index is 0.122. The zero-order valence-electron chi connectivity index (χ0n) is 28.6. The van der Waals surface area contributed by atoms with Crippen LogP contribution >= 0.6 is 7.82 Å². The minimum Gasteiger partial charge on any atom is -0.383 e. The number of hydrogen-bond acceptors (Lipinski definition) is 9. The summed E-state index contributed by atoms with van der Waals surface area (Å²) < 4.78 is 42.3. The molecule has 4 atom stereocenters. The van der Waals surface area contributed by atoms with Gasteiger partial charge in [0.2, 0.25) is 0 Å². The van der Waals surface area contributed by atoms with Gasteiger partial charge < -0.3 is 15.2 Å². The molecule has 0 radical (unpaired) electrons. The maximum Gasteiger partial charge on any atom is 0.474 e. The Morgan fingerprint density at radius 1 is 0.837 bits per heavy atom. The fraction of sp³-hybridized carbons (Fsp3) is 0.875. The maximum absolute atomic E-state index is 12.8. The number of phosphoric acid groups is 1. The zero-order valence-corrected chi connectivity index (χ0v) is 29.4. The summed E-state index contributed by atoms with van der Waals surface area (Å²) >= 11 is 0. The van der Waals surface area contributed by atoms with Crippen LogP contribution in [0.5, 0.6) is 0 Å². The first-order chi connectivity index (χ1) is 20.9. The Bertz CT molecular complexity index is 894. The second-order valence-electron chi connectivity index (χ2n) is 10.3. The summed E-state index contributed by atoms with van der Waals surface area (Å²) in [6, 6.07) is 1.53.